The first-order valence-electron chi connectivity index (χ1n) is 12.2. The summed E-state index contributed by atoms with van der Waals surface area (Å²) in [7, 11) is 2.06. The third-order valence-corrected chi connectivity index (χ3v) is 6.13. The Morgan fingerprint density at radius 1 is 1.20 bits per heavy atom. The van der Waals surface area contributed by atoms with Crippen LogP contribution in [0.3, 0.4) is 0 Å². The number of aliphatic hydroxyl groups excluding tert-OH is 1. The molecule has 2 aromatic rings. The van der Waals surface area contributed by atoms with Gasteiger partial charge in [0.1, 0.15) is 11.9 Å². The molecular formula is C27H38N4O4. The van der Waals surface area contributed by atoms with E-state index in [9.17, 15) is 14.7 Å². The molecule has 0 radical (unpaired) electrons. The summed E-state index contributed by atoms with van der Waals surface area (Å²) in [6, 6.07) is 14.7. The van der Waals surface area contributed by atoms with E-state index in [-0.39, 0.29) is 42.7 Å². The van der Waals surface area contributed by atoms with Crippen molar-refractivity contribution < 1.29 is 19.4 Å². The van der Waals surface area contributed by atoms with Crippen LogP contribution in [0.25, 0.3) is 0 Å². The zero-order valence-electron chi connectivity index (χ0n) is 21.3. The molecule has 1 aliphatic heterocycles. The third-order valence-electron chi connectivity index (χ3n) is 6.13. The molecule has 190 valence electrons. The highest BCUT2D eigenvalue weighted by Gasteiger charge is 2.33. The molecule has 35 heavy (non-hydrogen) atoms. The van der Waals surface area contributed by atoms with Gasteiger partial charge >= 0.3 is 6.03 Å². The summed E-state index contributed by atoms with van der Waals surface area (Å²) >= 11 is 0. The molecule has 2 aromatic carbocycles. The topological polar surface area (TPSA) is 94.1 Å². The minimum absolute atomic E-state index is 0.0136. The molecule has 3 rings (SSSR count). The first-order chi connectivity index (χ1) is 16.7. The molecule has 3 N–H and O–H groups in total. The van der Waals surface area contributed by atoms with Crippen molar-refractivity contribution in [2.24, 2.45) is 5.92 Å². The lowest BCUT2D eigenvalue weighted by atomic mass is 9.99. The SMILES string of the molecule is CC(C)NC(=O)Nc1ccc2c(c1)C(=O)N([C@@H](C)CO)C[C@H](C)[C@@H](CN(C)Cc1ccccc1)O2. The van der Waals surface area contributed by atoms with Crippen molar-refractivity contribution in [3.63, 3.8) is 0 Å². The number of likely N-dealkylation sites (N-methyl/N-ethyl adjacent to an activating group) is 1. The number of carbonyl (C=O) groups is 2. The van der Waals surface area contributed by atoms with E-state index < -0.39 is 0 Å². The summed E-state index contributed by atoms with van der Waals surface area (Å²) in [5.74, 6) is 0.288. The lowest BCUT2D eigenvalue weighted by Crippen LogP contribution is -2.49. The molecular weight excluding hydrogens is 444 g/mol. The zero-order valence-corrected chi connectivity index (χ0v) is 21.3. The van der Waals surface area contributed by atoms with Gasteiger partial charge in [0.05, 0.1) is 18.2 Å². The maximum Gasteiger partial charge on any atom is 0.319 e. The minimum Gasteiger partial charge on any atom is -0.488 e. The van der Waals surface area contributed by atoms with Gasteiger partial charge in [-0.3, -0.25) is 9.69 Å². The Hall–Kier alpha value is -3.10. The fourth-order valence-corrected chi connectivity index (χ4v) is 4.21. The number of ether oxygens (including phenoxy) is 1. The molecule has 1 heterocycles. The summed E-state index contributed by atoms with van der Waals surface area (Å²) < 4.78 is 6.43. The monoisotopic (exact) mass is 482 g/mol. The van der Waals surface area contributed by atoms with Crippen molar-refractivity contribution >= 4 is 17.6 Å². The Morgan fingerprint density at radius 2 is 1.91 bits per heavy atom. The van der Waals surface area contributed by atoms with Gasteiger partial charge in [0.2, 0.25) is 0 Å². The third kappa shape index (κ3) is 7.19. The van der Waals surface area contributed by atoms with Crippen molar-refractivity contribution in [3.05, 3.63) is 59.7 Å². The number of aliphatic hydroxyl groups is 1. The smallest absolute Gasteiger partial charge is 0.319 e. The summed E-state index contributed by atoms with van der Waals surface area (Å²) in [6.45, 7) is 9.43. The lowest BCUT2D eigenvalue weighted by molar-refractivity contribution is 0.0341. The number of hydrogen-bond acceptors (Lipinski definition) is 5. The maximum atomic E-state index is 13.5. The summed E-state index contributed by atoms with van der Waals surface area (Å²) in [4.78, 5) is 29.6. The molecule has 3 amide bonds. The van der Waals surface area contributed by atoms with Crippen LogP contribution < -0.4 is 15.4 Å². The first kappa shape index (κ1) is 26.5. The van der Waals surface area contributed by atoms with Crippen LogP contribution >= 0.6 is 0 Å². The van der Waals surface area contributed by atoms with Crippen molar-refractivity contribution in [3.8, 4) is 5.75 Å². The molecule has 8 nitrogen and oxygen atoms in total. The lowest BCUT2D eigenvalue weighted by Gasteiger charge is -2.38. The van der Waals surface area contributed by atoms with Crippen molar-refractivity contribution in [2.75, 3.05) is 32.1 Å². The van der Waals surface area contributed by atoms with E-state index in [1.807, 2.05) is 39.0 Å². The molecule has 0 aliphatic carbocycles. The predicted molar refractivity (Wildman–Crippen MR) is 138 cm³/mol. The van der Waals surface area contributed by atoms with E-state index in [4.69, 9.17) is 4.74 Å². The van der Waals surface area contributed by atoms with Gasteiger partial charge in [-0.1, -0.05) is 37.3 Å². The van der Waals surface area contributed by atoms with Crippen LogP contribution in [-0.4, -0.2) is 71.8 Å². The number of anilines is 1. The standard InChI is InChI=1S/C27H38N4O4/c1-18(2)28-27(34)29-22-11-12-24-23(13-22)26(33)31(20(4)17-32)14-19(3)25(35-24)16-30(5)15-21-9-7-6-8-10-21/h6-13,18-20,25,32H,14-17H2,1-5H3,(H2,28,29,34)/t19-,20-,25+/m0/s1. The van der Waals surface area contributed by atoms with Gasteiger partial charge in [-0.15, -0.1) is 0 Å². The van der Waals surface area contributed by atoms with E-state index in [1.54, 1.807) is 23.1 Å². The second kappa shape index (κ2) is 12.0. The van der Waals surface area contributed by atoms with Gasteiger partial charge in [-0.25, -0.2) is 4.79 Å². The Labute approximate surface area is 208 Å². The number of nitrogens with one attached hydrogen (secondary N) is 2. The van der Waals surface area contributed by atoms with Crippen LogP contribution in [-0.2, 0) is 6.54 Å². The Bertz CT molecular complexity index is 998. The molecule has 3 atom stereocenters. The molecule has 0 bridgehead atoms. The fraction of sp³-hybridized carbons (Fsp3) is 0.481. The van der Waals surface area contributed by atoms with E-state index >= 15 is 0 Å². The Kier molecular flexibility index (Phi) is 9.12. The van der Waals surface area contributed by atoms with Crippen LogP contribution in [0, 0.1) is 5.92 Å². The van der Waals surface area contributed by atoms with E-state index in [0.717, 1.165) is 6.54 Å². The molecule has 0 fully saturated rings. The summed E-state index contributed by atoms with van der Waals surface area (Å²) in [5, 5.41) is 15.4. The van der Waals surface area contributed by atoms with Gasteiger partial charge < -0.3 is 25.4 Å². The van der Waals surface area contributed by atoms with Gasteiger partial charge in [-0.05, 0) is 51.6 Å². The van der Waals surface area contributed by atoms with Crippen LogP contribution in [0.1, 0.15) is 43.6 Å². The van der Waals surface area contributed by atoms with Crippen LogP contribution in [0.2, 0.25) is 0 Å². The number of fused-ring (bicyclic) bond motifs is 1. The number of urea groups is 1. The molecule has 0 saturated carbocycles. The Morgan fingerprint density at radius 3 is 2.57 bits per heavy atom. The molecule has 0 unspecified atom stereocenters. The van der Waals surface area contributed by atoms with Gasteiger partial charge in [0.15, 0.2) is 0 Å². The largest absolute Gasteiger partial charge is 0.488 e. The van der Waals surface area contributed by atoms with Gasteiger partial charge in [0, 0.05) is 37.3 Å². The van der Waals surface area contributed by atoms with Crippen LogP contribution in [0.4, 0.5) is 10.5 Å². The number of amides is 3. The second-order valence-corrected chi connectivity index (χ2v) is 9.77. The van der Waals surface area contributed by atoms with E-state index in [1.165, 1.54) is 5.56 Å². The molecule has 8 heteroatoms. The van der Waals surface area contributed by atoms with Gasteiger partial charge in [0.25, 0.3) is 5.91 Å². The zero-order chi connectivity index (χ0) is 25.5. The number of carbonyl (C=O) groups excluding carboxylic acids is 2. The molecule has 0 spiro atoms. The Balaban J connectivity index is 1.87. The van der Waals surface area contributed by atoms with Crippen LogP contribution in [0.5, 0.6) is 5.75 Å². The van der Waals surface area contributed by atoms with Crippen molar-refractivity contribution in [1.29, 1.82) is 0 Å². The molecule has 0 saturated heterocycles. The number of rotatable bonds is 8. The van der Waals surface area contributed by atoms with E-state index in [2.05, 4.69) is 41.6 Å². The quantitative estimate of drug-likeness (QED) is 0.535. The average Bonchev–Trinajstić information content (AvgIpc) is 2.81. The normalized spacial score (nSPS) is 19.0. The van der Waals surface area contributed by atoms with Crippen molar-refractivity contribution in [2.45, 2.75) is 52.4 Å². The number of hydrogen-bond donors (Lipinski definition) is 3. The average molecular weight is 483 g/mol. The highest BCUT2D eigenvalue weighted by Crippen LogP contribution is 2.30. The van der Waals surface area contributed by atoms with Crippen LogP contribution in [0.15, 0.2) is 48.5 Å². The van der Waals surface area contributed by atoms with E-state index in [0.29, 0.717) is 30.1 Å². The first-order valence-corrected chi connectivity index (χ1v) is 12.2. The predicted octanol–water partition coefficient (Wildman–Crippen LogP) is 3.57. The highest BCUT2D eigenvalue weighted by atomic mass is 16.5. The number of benzene rings is 2. The second-order valence-electron chi connectivity index (χ2n) is 9.77. The maximum absolute atomic E-state index is 13.5. The number of nitrogens with zero attached hydrogens (tertiary/aromatic N) is 2. The van der Waals surface area contributed by atoms with Gasteiger partial charge in [-0.2, -0.15) is 0 Å². The fourth-order valence-electron chi connectivity index (χ4n) is 4.21. The summed E-state index contributed by atoms with van der Waals surface area (Å²) in [5.41, 5.74) is 2.09. The molecule has 1 aliphatic rings. The van der Waals surface area contributed by atoms with Crippen molar-refractivity contribution in [1.82, 2.24) is 15.1 Å². The molecule has 0 aromatic heterocycles. The summed E-state index contributed by atoms with van der Waals surface area (Å²) in [6.07, 6.45) is -0.174. The highest BCUT2D eigenvalue weighted by molar-refractivity contribution is 5.99. The minimum atomic E-state index is -0.348.